The monoisotopic (exact) mass is 446 g/mol. The average Bonchev–Trinajstić information content (AvgIpc) is 3.22. The van der Waals surface area contributed by atoms with Crippen LogP contribution in [-0.4, -0.2) is 48.5 Å². The number of carbonyl (C=O) groups excluding carboxylic acids is 1. The summed E-state index contributed by atoms with van der Waals surface area (Å²) in [6, 6.07) is 10.3. The minimum Gasteiger partial charge on any atom is -0.354 e. The molecule has 2 aromatic heterocycles. The van der Waals surface area contributed by atoms with Crippen LogP contribution in [0.25, 0.3) is 11.0 Å². The molecule has 0 spiro atoms. The smallest absolute Gasteiger partial charge is 0.257 e. The van der Waals surface area contributed by atoms with E-state index in [-0.39, 0.29) is 23.2 Å². The van der Waals surface area contributed by atoms with Crippen LogP contribution >= 0.6 is 12.4 Å². The van der Waals surface area contributed by atoms with Crippen LogP contribution < -0.4 is 5.32 Å². The molecule has 0 radical (unpaired) electrons. The summed E-state index contributed by atoms with van der Waals surface area (Å²) in [6.45, 7) is 3.37. The number of carbonyl (C=O) groups is 1. The van der Waals surface area contributed by atoms with Gasteiger partial charge in [0.1, 0.15) is 0 Å². The highest BCUT2D eigenvalue weighted by Gasteiger charge is 2.24. The van der Waals surface area contributed by atoms with Gasteiger partial charge in [-0.05, 0) is 56.2 Å². The van der Waals surface area contributed by atoms with Crippen LogP contribution in [0.2, 0.25) is 0 Å². The number of hydrogen-bond acceptors (Lipinski definition) is 6. The zero-order valence-electron chi connectivity index (χ0n) is 16.8. The summed E-state index contributed by atoms with van der Waals surface area (Å²) >= 11 is 0. The van der Waals surface area contributed by atoms with E-state index in [4.69, 9.17) is 0 Å². The number of likely N-dealkylation sites (tertiary alicyclic amines) is 1. The lowest BCUT2D eigenvalue weighted by atomic mass is 10.1. The van der Waals surface area contributed by atoms with Crippen molar-refractivity contribution < 1.29 is 13.2 Å². The van der Waals surface area contributed by atoms with Crippen molar-refractivity contribution in [3.8, 4) is 0 Å². The molecule has 9 heteroatoms. The molecule has 0 bridgehead atoms. The molecule has 1 aliphatic heterocycles. The van der Waals surface area contributed by atoms with Crippen molar-refractivity contribution in [3.63, 3.8) is 0 Å². The van der Waals surface area contributed by atoms with Crippen LogP contribution in [-0.2, 0) is 9.84 Å². The number of halogens is 1. The van der Waals surface area contributed by atoms with Crippen LogP contribution in [0.1, 0.15) is 28.9 Å². The summed E-state index contributed by atoms with van der Waals surface area (Å²) in [7, 11) is -3.27. The molecule has 1 fully saturated rings. The van der Waals surface area contributed by atoms with Crippen molar-refractivity contribution in [2.24, 2.45) is 0 Å². The van der Waals surface area contributed by atoms with Gasteiger partial charge in [0.15, 0.2) is 15.5 Å². The minimum atomic E-state index is -3.27. The lowest BCUT2D eigenvalue weighted by molar-refractivity contribution is 0.0793. The van der Waals surface area contributed by atoms with Crippen molar-refractivity contribution in [3.05, 3.63) is 53.9 Å². The predicted molar refractivity (Wildman–Crippen MR) is 119 cm³/mol. The van der Waals surface area contributed by atoms with Crippen LogP contribution in [0.4, 0.5) is 11.4 Å². The van der Waals surface area contributed by atoms with Gasteiger partial charge in [0, 0.05) is 42.3 Å². The Hall–Kier alpha value is -2.71. The summed E-state index contributed by atoms with van der Waals surface area (Å²) in [5.74, 6) is -0.0623. The Morgan fingerprint density at radius 1 is 1.07 bits per heavy atom. The van der Waals surface area contributed by atoms with Gasteiger partial charge in [-0.1, -0.05) is 0 Å². The third kappa shape index (κ3) is 4.39. The number of aryl methyl sites for hydroxylation is 1. The number of nitrogens with one attached hydrogen (secondary N) is 1. The van der Waals surface area contributed by atoms with Crippen LogP contribution in [0.15, 0.2) is 47.5 Å². The largest absolute Gasteiger partial charge is 0.354 e. The van der Waals surface area contributed by atoms with E-state index < -0.39 is 9.84 Å². The first-order valence-electron chi connectivity index (χ1n) is 9.46. The zero-order chi connectivity index (χ0) is 20.6. The molecule has 7 nitrogen and oxygen atoms in total. The first-order valence-corrected chi connectivity index (χ1v) is 11.3. The molecular formula is C21H23ClN4O3S. The number of anilines is 2. The van der Waals surface area contributed by atoms with E-state index in [0.29, 0.717) is 22.6 Å². The van der Waals surface area contributed by atoms with Gasteiger partial charge in [0.25, 0.3) is 5.91 Å². The third-order valence-electron chi connectivity index (χ3n) is 5.04. The Labute approximate surface area is 181 Å². The standard InChI is InChI=1S/C21H22N4O3S.ClH/c1-14-5-10-17-19(24-15-6-8-16(9-7-15)29(2,27)28)18(13-22-20(17)23-14)21(26)25-11-3-4-12-25;/h5-10,13H,3-4,11-12H2,1-2H3,(H,22,23,24);1H. The highest BCUT2D eigenvalue weighted by atomic mass is 35.5. The lowest BCUT2D eigenvalue weighted by Gasteiger charge is -2.19. The van der Waals surface area contributed by atoms with Crippen LogP contribution in [0.5, 0.6) is 0 Å². The Morgan fingerprint density at radius 2 is 1.73 bits per heavy atom. The molecule has 0 atom stereocenters. The Balaban J connectivity index is 0.00000256. The van der Waals surface area contributed by atoms with Gasteiger partial charge in [-0.15, -0.1) is 12.4 Å². The van der Waals surface area contributed by atoms with Crippen molar-refractivity contribution in [1.82, 2.24) is 14.9 Å². The Morgan fingerprint density at radius 3 is 2.37 bits per heavy atom. The molecule has 30 heavy (non-hydrogen) atoms. The molecule has 0 saturated carbocycles. The molecule has 0 aliphatic carbocycles. The SMILES string of the molecule is Cc1ccc2c(Nc3ccc(S(C)(=O)=O)cc3)c(C(=O)N3CCCC3)cnc2n1.Cl. The van der Waals surface area contributed by atoms with Gasteiger partial charge >= 0.3 is 0 Å². The average molecular weight is 447 g/mol. The van der Waals surface area contributed by atoms with Gasteiger partial charge in [-0.2, -0.15) is 0 Å². The number of benzene rings is 1. The number of aromatic nitrogens is 2. The maximum Gasteiger partial charge on any atom is 0.257 e. The van der Waals surface area contributed by atoms with Gasteiger partial charge in [-0.3, -0.25) is 4.79 Å². The molecule has 4 rings (SSSR count). The van der Waals surface area contributed by atoms with E-state index >= 15 is 0 Å². The van der Waals surface area contributed by atoms with E-state index in [0.717, 1.165) is 37.0 Å². The summed E-state index contributed by atoms with van der Waals surface area (Å²) in [6.07, 6.45) is 4.75. The highest BCUT2D eigenvalue weighted by Crippen LogP contribution is 2.30. The van der Waals surface area contributed by atoms with Crippen LogP contribution in [0, 0.1) is 6.92 Å². The van der Waals surface area contributed by atoms with Crippen LogP contribution in [0.3, 0.4) is 0 Å². The van der Waals surface area contributed by atoms with E-state index in [1.807, 2.05) is 24.0 Å². The Kier molecular flexibility index (Phi) is 6.28. The van der Waals surface area contributed by atoms with Gasteiger partial charge in [0.2, 0.25) is 0 Å². The third-order valence-corrected chi connectivity index (χ3v) is 6.17. The topological polar surface area (TPSA) is 92.3 Å². The fourth-order valence-electron chi connectivity index (χ4n) is 3.49. The highest BCUT2D eigenvalue weighted by molar-refractivity contribution is 7.90. The summed E-state index contributed by atoms with van der Waals surface area (Å²) in [5, 5.41) is 4.04. The fraction of sp³-hybridized carbons (Fsp3) is 0.286. The van der Waals surface area contributed by atoms with Gasteiger partial charge < -0.3 is 10.2 Å². The number of pyridine rings is 2. The first-order chi connectivity index (χ1) is 13.8. The number of hydrogen-bond donors (Lipinski definition) is 1. The first kappa shape index (κ1) is 22.0. The van der Waals surface area contributed by atoms with Gasteiger partial charge in [0.05, 0.1) is 16.1 Å². The second-order valence-corrected chi connectivity index (χ2v) is 9.31. The summed E-state index contributed by atoms with van der Waals surface area (Å²) < 4.78 is 23.4. The molecule has 1 aliphatic rings. The predicted octanol–water partition coefficient (Wildman–Crippen LogP) is 3.74. The number of fused-ring (bicyclic) bond motifs is 1. The zero-order valence-corrected chi connectivity index (χ0v) is 18.4. The molecule has 3 aromatic rings. The van der Waals surface area contributed by atoms with E-state index in [1.165, 1.54) is 6.26 Å². The molecule has 1 N–H and O–H groups in total. The van der Waals surface area contributed by atoms with Crippen molar-refractivity contribution >= 4 is 50.6 Å². The maximum absolute atomic E-state index is 13.1. The molecule has 158 valence electrons. The van der Waals surface area contributed by atoms with Crippen molar-refractivity contribution in [2.45, 2.75) is 24.7 Å². The molecule has 1 amide bonds. The fourth-order valence-corrected chi connectivity index (χ4v) is 4.12. The van der Waals surface area contributed by atoms with E-state index in [1.54, 1.807) is 30.5 Å². The van der Waals surface area contributed by atoms with Gasteiger partial charge in [-0.25, -0.2) is 18.4 Å². The molecule has 1 saturated heterocycles. The van der Waals surface area contributed by atoms with Crippen molar-refractivity contribution in [1.29, 1.82) is 0 Å². The number of sulfone groups is 1. The molecule has 1 aromatic carbocycles. The Bertz CT molecular complexity index is 1190. The second kappa shape index (κ2) is 8.57. The summed E-state index contributed by atoms with van der Waals surface area (Å²) in [4.78, 5) is 24.1. The second-order valence-electron chi connectivity index (χ2n) is 7.29. The molecular weight excluding hydrogens is 424 g/mol. The summed E-state index contributed by atoms with van der Waals surface area (Å²) in [5.41, 5.74) is 3.19. The van der Waals surface area contributed by atoms with Crippen molar-refractivity contribution in [2.75, 3.05) is 24.7 Å². The number of nitrogens with zero attached hydrogens (tertiary/aromatic N) is 3. The molecule has 3 heterocycles. The molecule has 0 unspecified atom stereocenters. The minimum absolute atomic E-state index is 0. The quantitative estimate of drug-likeness (QED) is 0.656. The number of rotatable bonds is 4. The van der Waals surface area contributed by atoms with E-state index in [9.17, 15) is 13.2 Å². The van der Waals surface area contributed by atoms with E-state index in [2.05, 4.69) is 15.3 Å². The lowest BCUT2D eigenvalue weighted by Crippen LogP contribution is -2.28. The normalized spacial score (nSPS) is 13.9. The number of amides is 1. The maximum atomic E-state index is 13.1.